The first kappa shape index (κ1) is 7.86. The van der Waals surface area contributed by atoms with Gasteiger partial charge in [0.2, 0.25) is 0 Å². The van der Waals surface area contributed by atoms with Crippen LogP contribution >= 0.6 is 11.8 Å². The monoisotopic (exact) mass is 175 g/mol. The molecule has 2 saturated heterocycles. The van der Waals surface area contributed by atoms with Crippen LogP contribution in [0.5, 0.6) is 0 Å². The standard InChI is InChI=1S/C7H13NO2S/c9-6-3-8-1-2-11-4-5(8)7(6)10/h5-7,9-10H,1-4H2/t5?,6-,7+/m0/s1. The molecule has 0 radical (unpaired) electrons. The first-order chi connectivity index (χ1) is 5.29. The van der Waals surface area contributed by atoms with Gasteiger partial charge >= 0.3 is 0 Å². The molecule has 2 rings (SSSR count). The van der Waals surface area contributed by atoms with Gasteiger partial charge in [0, 0.05) is 30.6 Å². The molecule has 11 heavy (non-hydrogen) atoms. The van der Waals surface area contributed by atoms with Crippen molar-refractivity contribution in [2.75, 3.05) is 24.6 Å². The molecule has 0 bridgehead atoms. The van der Waals surface area contributed by atoms with Crippen molar-refractivity contribution in [3.8, 4) is 0 Å². The summed E-state index contributed by atoms with van der Waals surface area (Å²) in [5.74, 6) is 2.11. The van der Waals surface area contributed by atoms with Crippen LogP contribution in [-0.4, -0.2) is 58.0 Å². The Morgan fingerprint density at radius 2 is 2.18 bits per heavy atom. The van der Waals surface area contributed by atoms with Crippen LogP contribution in [0, 0.1) is 0 Å². The Labute approximate surface area is 70.4 Å². The molecule has 64 valence electrons. The van der Waals surface area contributed by atoms with Crippen molar-refractivity contribution in [1.29, 1.82) is 0 Å². The molecule has 0 aromatic carbocycles. The molecule has 0 amide bonds. The SMILES string of the molecule is O[C@@H]1C2CSCCN2C[C@@H]1O. The number of aliphatic hydroxyl groups excluding tert-OH is 2. The van der Waals surface area contributed by atoms with Crippen LogP contribution in [0.25, 0.3) is 0 Å². The molecule has 2 heterocycles. The van der Waals surface area contributed by atoms with E-state index in [1.807, 2.05) is 11.8 Å². The lowest BCUT2D eigenvalue weighted by Crippen LogP contribution is -2.42. The van der Waals surface area contributed by atoms with Crippen LogP contribution in [0.4, 0.5) is 0 Å². The first-order valence-electron chi connectivity index (χ1n) is 3.97. The Bertz CT molecular complexity index is 155. The maximum atomic E-state index is 9.49. The second-order valence-corrected chi connectivity index (χ2v) is 4.34. The third-order valence-electron chi connectivity index (χ3n) is 2.49. The van der Waals surface area contributed by atoms with Crippen molar-refractivity contribution in [1.82, 2.24) is 4.90 Å². The molecular weight excluding hydrogens is 162 g/mol. The Hall–Kier alpha value is 0.230. The molecule has 1 unspecified atom stereocenters. The van der Waals surface area contributed by atoms with Crippen molar-refractivity contribution >= 4 is 11.8 Å². The topological polar surface area (TPSA) is 43.7 Å². The van der Waals surface area contributed by atoms with Gasteiger partial charge in [0.25, 0.3) is 0 Å². The Morgan fingerprint density at radius 1 is 1.36 bits per heavy atom. The summed E-state index contributed by atoms with van der Waals surface area (Å²) in [6.07, 6.45) is -1.03. The fourth-order valence-electron chi connectivity index (χ4n) is 1.80. The smallest absolute Gasteiger partial charge is 0.0974 e. The zero-order valence-electron chi connectivity index (χ0n) is 6.31. The Balaban J connectivity index is 2.05. The van der Waals surface area contributed by atoms with Crippen molar-refractivity contribution in [2.45, 2.75) is 18.2 Å². The molecule has 0 saturated carbocycles. The van der Waals surface area contributed by atoms with Gasteiger partial charge in [0.15, 0.2) is 0 Å². The largest absolute Gasteiger partial charge is 0.389 e. The van der Waals surface area contributed by atoms with Gasteiger partial charge in [-0.05, 0) is 0 Å². The number of rotatable bonds is 0. The summed E-state index contributed by atoms with van der Waals surface area (Å²) in [4.78, 5) is 2.19. The van der Waals surface area contributed by atoms with Crippen LogP contribution in [0.15, 0.2) is 0 Å². The number of fused-ring (bicyclic) bond motifs is 1. The highest BCUT2D eigenvalue weighted by Crippen LogP contribution is 2.26. The molecule has 3 nitrogen and oxygen atoms in total. The van der Waals surface area contributed by atoms with Crippen LogP contribution < -0.4 is 0 Å². The van der Waals surface area contributed by atoms with E-state index in [0.717, 1.165) is 18.1 Å². The van der Waals surface area contributed by atoms with Crippen molar-refractivity contribution in [3.05, 3.63) is 0 Å². The van der Waals surface area contributed by atoms with E-state index in [1.54, 1.807) is 0 Å². The number of hydrogen-bond acceptors (Lipinski definition) is 4. The van der Waals surface area contributed by atoms with Gasteiger partial charge in [0.1, 0.15) is 0 Å². The summed E-state index contributed by atoms with van der Waals surface area (Å²) < 4.78 is 0. The van der Waals surface area contributed by atoms with E-state index in [9.17, 15) is 10.2 Å². The van der Waals surface area contributed by atoms with E-state index in [0.29, 0.717) is 6.54 Å². The van der Waals surface area contributed by atoms with E-state index in [1.165, 1.54) is 0 Å². The van der Waals surface area contributed by atoms with E-state index >= 15 is 0 Å². The zero-order chi connectivity index (χ0) is 7.84. The van der Waals surface area contributed by atoms with Crippen molar-refractivity contribution in [2.24, 2.45) is 0 Å². The minimum Gasteiger partial charge on any atom is -0.389 e. The Kier molecular flexibility index (Phi) is 2.10. The molecule has 0 aliphatic carbocycles. The molecule has 2 N–H and O–H groups in total. The summed E-state index contributed by atoms with van der Waals surface area (Å²) in [6.45, 7) is 1.68. The summed E-state index contributed by atoms with van der Waals surface area (Å²) in [5, 5.41) is 18.8. The minimum absolute atomic E-state index is 0.212. The van der Waals surface area contributed by atoms with Gasteiger partial charge in [-0.25, -0.2) is 0 Å². The third kappa shape index (κ3) is 1.28. The van der Waals surface area contributed by atoms with E-state index in [2.05, 4.69) is 4.90 Å². The number of aliphatic hydroxyl groups is 2. The molecule has 0 spiro atoms. The highest BCUT2D eigenvalue weighted by Gasteiger charge is 2.40. The molecule has 0 aromatic rings. The zero-order valence-corrected chi connectivity index (χ0v) is 7.13. The molecule has 4 heteroatoms. The van der Waals surface area contributed by atoms with Gasteiger partial charge in [0.05, 0.1) is 12.2 Å². The van der Waals surface area contributed by atoms with E-state index in [-0.39, 0.29) is 6.04 Å². The van der Waals surface area contributed by atoms with Crippen LogP contribution in [-0.2, 0) is 0 Å². The quantitative estimate of drug-likeness (QED) is 0.503. The lowest BCUT2D eigenvalue weighted by atomic mass is 10.2. The number of hydrogen-bond donors (Lipinski definition) is 2. The van der Waals surface area contributed by atoms with Gasteiger partial charge in [-0.3, -0.25) is 4.90 Å². The van der Waals surface area contributed by atoms with Gasteiger partial charge in [-0.15, -0.1) is 0 Å². The summed E-state index contributed by atoms with van der Waals surface area (Å²) in [7, 11) is 0. The van der Waals surface area contributed by atoms with Gasteiger partial charge in [-0.1, -0.05) is 0 Å². The average Bonchev–Trinajstić information content (AvgIpc) is 2.30. The second-order valence-electron chi connectivity index (χ2n) is 3.20. The summed E-state index contributed by atoms with van der Waals surface area (Å²) >= 11 is 1.86. The highest BCUT2D eigenvalue weighted by atomic mass is 32.2. The number of nitrogens with zero attached hydrogens (tertiary/aromatic N) is 1. The molecule has 2 aliphatic heterocycles. The van der Waals surface area contributed by atoms with Gasteiger partial charge < -0.3 is 10.2 Å². The lowest BCUT2D eigenvalue weighted by molar-refractivity contribution is 0.0422. The molecular formula is C7H13NO2S. The maximum absolute atomic E-state index is 9.49. The highest BCUT2D eigenvalue weighted by molar-refractivity contribution is 7.99. The number of thioether (sulfide) groups is 1. The third-order valence-corrected chi connectivity index (χ3v) is 3.54. The summed E-state index contributed by atoms with van der Waals surface area (Å²) in [6, 6.07) is 0.212. The normalized spacial score (nSPS) is 45.8. The predicted molar refractivity (Wildman–Crippen MR) is 44.7 cm³/mol. The maximum Gasteiger partial charge on any atom is 0.0974 e. The minimum atomic E-state index is -0.515. The lowest BCUT2D eigenvalue weighted by Gasteiger charge is -2.29. The van der Waals surface area contributed by atoms with E-state index < -0.39 is 12.2 Å². The Morgan fingerprint density at radius 3 is 2.91 bits per heavy atom. The average molecular weight is 175 g/mol. The van der Waals surface area contributed by atoms with Crippen LogP contribution in [0.2, 0.25) is 0 Å². The molecule has 0 aromatic heterocycles. The molecule has 2 fully saturated rings. The molecule has 3 atom stereocenters. The van der Waals surface area contributed by atoms with Crippen molar-refractivity contribution < 1.29 is 10.2 Å². The van der Waals surface area contributed by atoms with E-state index in [4.69, 9.17) is 0 Å². The van der Waals surface area contributed by atoms with Crippen molar-refractivity contribution in [3.63, 3.8) is 0 Å². The first-order valence-corrected chi connectivity index (χ1v) is 5.12. The fraction of sp³-hybridized carbons (Fsp3) is 1.00. The van der Waals surface area contributed by atoms with Crippen LogP contribution in [0.3, 0.4) is 0 Å². The predicted octanol–water partition coefficient (Wildman–Crippen LogP) is -0.861. The summed E-state index contributed by atoms with van der Waals surface area (Å²) in [5.41, 5.74) is 0. The fourth-order valence-corrected chi connectivity index (χ4v) is 2.98. The molecule has 2 aliphatic rings. The van der Waals surface area contributed by atoms with Gasteiger partial charge in [-0.2, -0.15) is 11.8 Å². The second kappa shape index (κ2) is 2.94. The van der Waals surface area contributed by atoms with Crippen LogP contribution in [0.1, 0.15) is 0 Å².